The van der Waals surface area contributed by atoms with E-state index in [4.69, 9.17) is 16.7 Å². The van der Waals surface area contributed by atoms with Crippen LogP contribution < -0.4 is 0 Å². The van der Waals surface area contributed by atoms with Gasteiger partial charge in [-0.15, -0.1) is 12.8 Å². The van der Waals surface area contributed by atoms with Gasteiger partial charge in [0, 0.05) is 19.6 Å². The second-order valence-electron chi connectivity index (χ2n) is 7.12. The van der Waals surface area contributed by atoms with Crippen LogP contribution in [0.25, 0.3) is 0 Å². The van der Waals surface area contributed by atoms with Crippen molar-refractivity contribution in [3.8, 4) is 12.8 Å². The summed E-state index contributed by atoms with van der Waals surface area (Å²) in [5.41, 5.74) is 1.67. The zero-order chi connectivity index (χ0) is 23.6. The largest absolute Gasteiger partial charge is 0.421 e. The van der Waals surface area contributed by atoms with Crippen molar-refractivity contribution >= 4 is 23.8 Å². The average molecular weight is 449 g/mol. The Balaban J connectivity index is 0.000000712. The van der Waals surface area contributed by atoms with Gasteiger partial charge in [-0.2, -0.15) is 13.2 Å². The maximum atomic E-state index is 12.6. The lowest BCUT2D eigenvalue weighted by molar-refractivity contribution is -0.197. The predicted octanol–water partition coefficient (Wildman–Crippen LogP) is 3.42. The summed E-state index contributed by atoms with van der Waals surface area (Å²) < 4.78 is 32.9. The molecular weight excluding hydrogens is 421 g/mol. The van der Waals surface area contributed by atoms with Crippen molar-refractivity contribution in [3.05, 3.63) is 34.3 Å². The van der Waals surface area contributed by atoms with E-state index in [1.807, 2.05) is 37.1 Å². The number of aryl methyl sites for hydroxylation is 1. The Kier molecular flexibility index (Phi) is 11.7. The van der Waals surface area contributed by atoms with Crippen molar-refractivity contribution < 1.29 is 27.9 Å². The standard InChI is InChI=1S/C16H23ClN2O.C3H3F3O2.C2H2/c1-11-5-6-13(14(17)9-11)16(20)19(4)15-7-8-18(3)10-12(15)2;4-3(5,6)2(8)1-7;1-2/h5-6,9,12,15H,7-8,10H2,1-4H3;1-2,8H;1-2H. The van der Waals surface area contributed by atoms with Gasteiger partial charge in [0.25, 0.3) is 5.91 Å². The monoisotopic (exact) mass is 448 g/mol. The van der Waals surface area contributed by atoms with E-state index in [1.165, 1.54) is 0 Å². The molecule has 1 fully saturated rings. The summed E-state index contributed by atoms with van der Waals surface area (Å²) in [5, 5.41) is 8.25. The van der Waals surface area contributed by atoms with Gasteiger partial charge in [-0.1, -0.05) is 24.6 Å². The van der Waals surface area contributed by atoms with Crippen LogP contribution in [0.5, 0.6) is 0 Å². The van der Waals surface area contributed by atoms with Crippen LogP contribution in [-0.4, -0.2) is 72.6 Å². The minimum absolute atomic E-state index is 0.0244. The molecule has 0 bridgehead atoms. The van der Waals surface area contributed by atoms with E-state index in [0.29, 0.717) is 16.5 Å². The highest BCUT2D eigenvalue weighted by Crippen LogP contribution is 2.25. The Bertz CT molecular complexity index is 725. The zero-order valence-electron chi connectivity index (χ0n) is 17.5. The predicted molar refractivity (Wildman–Crippen MR) is 111 cm³/mol. The number of likely N-dealkylation sites (tertiary alicyclic amines) is 1. The lowest BCUT2D eigenvalue weighted by Gasteiger charge is -2.40. The highest BCUT2D eigenvalue weighted by Gasteiger charge is 2.37. The third-order valence-electron chi connectivity index (χ3n) is 4.70. The maximum Gasteiger partial charge on any atom is 0.421 e. The average Bonchev–Trinajstić information content (AvgIpc) is 2.67. The van der Waals surface area contributed by atoms with Gasteiger partial charge < -0.3 is 19.7 Å². The van der Waals surface area contributed by atoms with Crippen LogP contribution in [0.15, 0.2) is 18.2 Å². The molecule has 1 saturated heterocycles. The SMILES string of the molecule is C#C.Cc1ccc(C(=O)N(C)C2CCN(C)CC2C)c(Cl)c1.O=CC(O)C(F)(F)F. The van der Waals surface area contributed by atoms with Gasteiger partial charge in [-0.3, -0.25) is 4.79 Å². The number of aldehydes is 1. The molecule has 0 aliphatic carbocycles. The summed E-state index contributed by atoms with van der Waals surface area (Å²) in [6, 6.07) is 5.90. The summed E-state index contributed by atoms with van der Waals surface area (Å²) in [6.07, 6.45) is 0.813. The summed E-state index contributed by atoms with van der Waals surface area (Å²) in [6.45, 7) is 6.25. The number of hydrogen-bond donors (Lipinski definition) is 1. The van der Waals surface area contributed by atoms with E-state index in [-0.39, 0.29) is 11.9 Å². The molecule has 5 nitrogen and oxygen atoms in total. The van der Waals surface area contributed by atoms with Crippen molar-refractivity contribution in [3.63, 3.8) is 0 Å². The molecule has 9 heteroatoms. The Labute approximate surface area is 180 Å². The molecule has 1 aliphatic heterocycles. The smallest absolute Gasteiger partial charge is 0.377 e. The van der Waals surface area contributed by atoms with E-state index in [9.17, 15) is 22.8 Å². The number of rotatable bonds is 3. The van der Waals surface area contributed by atoms with Gasteiger partial charge in [0.2, 0.25) is 6.10 Å². The molecule has 0 spiro atoms. The molecule has 1 amide bonds. The van der Waals surface area contributed by atoms with Crippen molar-refractivity contribution in [2.45, 2.75) is 38.6 Å². The Morgan fingerprint density at radius 1 is 1.40 bits per heavy atom. The zero-order valence-corrected chi connectivity index (χ0v) is 18.2. The van der Waals surface area contributed by atoms with Gasteiger partial charge in [0.1, 0.15) is 0 Å². The quantitative estimate of drug-likeness (QED) is 0.568. The third-order valence-corrected chi connectivity index (χ3v) is 5.01. The third kappa shape index (κ3) is 8.34. The number of terminal acetylenes is 1. The highest BCUT2D eigenvalue weighted by molar-refractivity contribution is 6.33. The van der Waals surface area contributed by atoms with E-state index in [0.717, 1.165) is 25.1 Å². The molecule has 1 heterocycles. The molecule has 30 heavy (non-hydrogen) atoms. The van der Waals surface area contributed by atoms with Crippen LogP contribution in [0.3, 0.4) is 0 Å². The normalized spacial score (nSPS) is 20.0. The van der Waals surface area contributed by atoms with Crippen LogP contribution in [0.1, 0.15) is 29.3 Å². The van der Waals surface area contributed by atoms with Gasteiger partial charge >= 0.3 is 6.18 Å². The number of piperidine rings is 1. The molecule has 1 aromatic carbocycles. The molecule has 2 rings (SSSR count). The Morgan fingerprint density at radius 3 is 2.37 bits per heavy atom. The van der Waals surface area contributed by atoms with E-state index in [2.05, 4.69) is 31.7 Å². The van der Waals surface area contributed by atoms with Crippen molar-refractivity contribution in [2.24, 2.45) is 5.92 Å². The van der Waals surface area contributed by atoms with Gasteiger partial charge in [-0.05, 0) is 50.6 Å². The molecule has 1 N–H and O–H groups in total. The van der Waals surface area contributed by atoms with Crippen molar-refractivity contribution in [1.82, 2.24) is 9.80 Å². The van der Waals surface area contributed by atoms with Crippen LogP contribution in [0.4, 0.5) is 13.2 Å². The van der Waals surface area contributed by atoms with E-state index in [1.54, 1.807) is 0 Å². The second kappa shape index (κ2) is 12.6. The lowest BCUT2D eigenvalue weighted by atomic mass is 9.92. The summed E-state index contributed by atoms with van der Waals surface area (Å²) in [7, 11) is 4.02. The van der Waals surface area contributed by atoms with Crippen LogP contribution >= 0.6 is 11.6 Å². The number of amides is 1. The molecule has 0 radical (unpaired) electrons. The topological polar surface area (TPSA) is 60.9 Å². The second-order valence-corrected chi connectivity index (χ2v) is 7.52. The molecule has 1 aliphatic rings. The molecule has 168 valence electrons. The van der Waals surface area contributed by atoms with E-state index >= 15 is 0 Å². The fourth-order valence-corrected chi connectivity index (χ4v) is 3.44. The number of aliphatic hydroxyl groups excluding tert-OH is 1. The number of halogens is 4. The highest BCUT2D eigenvalue weighted by atomic mass is 35.5. The molecule has 1 aromatic rings. The van der Waals surface area contributed by atoms with Gasteiger partial charge in [0.05, 0.1) is 10.6 Å². The van der Waals surface area contributed by atoms with Gasteiger partial charge in [0.15, 0.2) is 6.29 Å². The number of benzene rings is 1. The van der Waals surface area contributed by atoms with Crippen LogP contribution in [0, 0.1) is 25.7 Å². The lowest BCUT2D eigenvalue weighted by Crippen LogP contribution is -2.49. The first-order valence-electron chi connectivity index (χ1n) is 9.13. The number of hydrogen-bond acceptors (Lipinski definition) is 4. The summed E-state index contributed by atoms with van der Waals surface area (Å²) >= 11 is 6.21. The minimum Gasteiger partial charge on any atom is -0.377 e. The Hall–Kier alpha value is -2.08. The molecule has 0 saturated carbocycles. The first-order chi connectivity index (χ1) is 13.9. The molecule has 3 unspecified atom stereocenters. The van der Waals surface area contributed by atoms with Crippen molar-refractivity contribution in [1.29, 1.82) is 0 Å². The van der Waals surface area contributed by atoms with Crippen LogP contribution in [0.2, 0.25) is 5.02 Å². The first-order valence-corrected chi connectivity index (χ1v) is 9.51. The molecule has 3 atom stereocenters. The first kappa shape index (κ1) is 27.9. The van der Waals surface area contributed by atoms with Crippen molar-refractivity contribution in [2.75, 3.05) is 27.2 Å². The van der Waals surface area contributed by atoms with E-state index < -0.39 is 18.6 Å². The number of carbonyl (C=O) groups is 2. The number of alkyl halides is 3. The number of nitrogens with zero attached hydrogens (tertiary/aromatic N) is 2. The minimum atomic E-state index is -4.80. The fourth-order valence-electron chi connectivity index (χ4n) is 3.13. The van der Waals surface area contributed by atoms with Crippen LogP contribution in [-0.2, 0) is 4.79 Å². The maximum absolute atomic E-state index is 12.6. The Morgan fingerprint density at radius 2 is 1.97 bits per heavy atom. The number of aliphatic hydroxyl groups is 1. The fraction of sp³-hybridized carbons (Fsp3) is 0.524. The summed E-state index contributed by atoms with van der Waals surface area (Å²) in [4.78, 5) is 26.0. The van der Waals surface area contributed by atoms with Gasteiger partial charge in [-0.25, -0.2) is 0 Å². The molecule has 0 aromatic heterocycles. The summed E-state index contributed by atoms with van der Waals surface area (Å²) in [5.74, 6) is 0.503. The molecular formula is C21H28ClF3N2O3. The number of carbonyl (C=O) groups excluding carboxylic acids is 2.